The first kappa shape index (κ1) is 9.45. The van der Waals surface area contributed by atoms with Crippen LogP contribution in [-0.2, 0) is 0 Å². The maximum Gasteiger partial charge on any atom is 0.352 e. The van der Waals surface area contributed by atoms with Crippen LogP contribution in [0.1, 0.15) is 16.1 Å². The molecular formula is C11H10N2O2. The molecule has 0 saturated heterocycles. The fourth-order valence-corrected chi connectivity index (χ4v) is 1.55. The van der Waals surface area contributed by atoms with Crippen molar-refractivity contribution in [3.63, 3.8) is 0 Å². The normalized spacial score (nSPS) is 10.2. The zero-order chi connectivity index (χ0) is 10.8. The molecule has 0 saturated carbocycles. The number of pyridine rings is 1. The monoisotopic (exact) mass is 202 g/mol. The summed E-state index contributed by atoms with van der Waals surface area (Å²) in [6.07, 6.45) is 5.07. The van der Waals surface area contributed by atoms with E-state index >= 15 is 0 Å². The molecule has 0 atom stereocenters. The minimum atomic E-state index is -0.937. The molecule has 2 aromatic heterocycles. The average Bonchev–Trinajstić information content (AvgIpc) is 2.61. The van der Waals surface area contributed by atoms with Crippen molar-refractivity contribution in [3.8, 4) is 11.1 Å². The first-order valence-corrected chi connectivity index (χ1v) is 4.52. The van der Waals surface area contributed by atoms with Gasteiger partial charge in [0.15, 0.2) is 0 Å². The largest absolute Gasteiger partial charge is 0.477 e. The van der Waals surface area contributed by atoms with Crippen LogP contribution in [0.3, 0.4) is 0 Å². The van der Waals surface area contributed by atoms with Crippen LogP contribution < -0.4 is 0 Å². The Balaban J connectivity index is 2.52. The molecule has 0 unspecified atom stereocenters. The van der Waals surface area contributed by atoms with Crippen molar-refractivity contribution in [1.82, 2.24) is 9.97 Å². The molecule has 0 radical (unpaired) electrons. The van der Waals surface area contributed by atoms with E-state index in [1.807, 2.05) is 12.1 Å². The van der Waals surface area contributed by atoms with Crippen LogP contribution in [0.15, 0.2) is 30.7 Å². The Bertz CT molecular complexity index is 489. The summed E-state index contributed by atoms with van der Waals surface area (Å²) in [5, 5.41) is 8.88. The van der Waals surface area contributed by atoms with E-state index in [0.29, 0.717) is 0 Å². The van der Waals surface area contributed by atoms with Crippen LogP contribution in [0.2, 0.25) is 0 Å². The Kier molecular flexibility index (Phi) is 2.25. The maximum atomic E-state index is 10.8. The maximum absolute atomic E-state index is 10.8. The Morgan fingerprint density at radius 1 is 1.40 bits per heavy atom. The molecular weight excluding hydrogens is 192 g/mol. The highest BCUT2D eigenvalue weighted by Crippen LogP contribution is 2.24. The zero-order valence-electron chi connectivity index (χ0n) is 8.19. The molecule has 0 aromatic carbocycles. The minimum Gasteiger partial charge on any atom is -0.477 e. The van der Waals surface area contributed by atoms with E-state index in [0.717, 1.165) is 16.7 Å². The fourth-order valence-electron chi connectivity index (χ4n) is 1.55. The lowest BCUT2D eigenvalue weighted by atomic mass is 10.1. The number of nitrogens with zero attached hydrogens (tertiary/aromatic N) is 1. The molecule has 2 aromatic rings. The highest BCUT2D eigenvalue weighted by molar-refractivity contribution is 5.90. The summed E-state index contributed by atoms with van der Waals surface area (Å²) in [6.45, 7) is 1.79. The molecule has 0 fully saturated rings. The number of hydrogen-bond donors (Lipinski definition) is 2. The summed E-state index contributed by atoms with van der Waals surface area (Å²) < 4.78 is 0. The van der Waals surface area contributed by atoms with Gasteiger partial charge in [-0.05, 0) is 30.2 Å². The third-order valence-corrected chi connectivity index (χ3v) is 2.35. The molecule has 76 valence electrons. The predicted octanol–water partition coefficient (Wildman–Crippen LogP) is 2.08. The van der Waals surface area contributed by atoms with Gasteiger partial charge in [0.1, 0.15) is 5.69 Å². The predicted molar refractivity (Wildman–Crippen MR) is 55.7 cm³/mol. The minimum absolute atomic E-state index is 0.238. The Labute approximate surface area is 86.6 Å². The highest BCUT2D eigenvalue weighted by atomic mass is 16.4. The number of rotatable bonds is 2. The van der Waals surface area contributed by atoms with Gasteiger partial charge in [-0.1, -0.05) is 0 Å². The van der Waals surface area contributed by atoms with Crippen LogP contribution in [0, 0.1) is 6.92 Å². The smallest absolute Gasteiger partial charge is 0.352 e. The zero-order valence-corrected chi connectivity index (χ0v) is 8.19. The molecule has 15 heavy (non-hydrogen) atoms. The molecule has 4 heteroatoms. The number of carboxylic acid groups (broad SMARTS) is 1. The molecule has 0 aliphatic heterocycles. The number of aromatic carboxylic acids is 1. The van der Waals surface area contributed by atoms with E-state index in [1.54, 1.807) is 25.5 Å². The van der Waals surface area contributed by atoms with Gasteiger partial charge in [-0.15, -0.1) is 0 Å². The summed E-state index contributed by atoms with van der Waals surface area (Å²) in [5.41, 5.74) is 2.84. The first-order chi connectivity index (χ1) is 7.20. The van der Waals surface area contributed by atoms with E-state index in [4.69, 9.17) is 5.11 Å². The molecule has 2 rings (SSSR count). The van der Waals surface area contributed by atoms with Crippen molar-refractivity contribution >= 4 is 5.97 Å². The topological polar surface area (TPSA) is 66.0 Å². The second kappa shape index (κ2) is 3.57. The second-order valence-electron chi connectivity index (χ2n) is 3.24. The standard InChI is InChI=1S/C11H10N2O2/c1-7-9(6-13-10(7)11(14)15)8-2-4-12-5-3-8/h2-6,13H,1H3,(H,14,15). The van der Waals surface area contributed by atoms with E-state index in [9.17, 15) is 4.79 Å². The summed E-state index contributed by atoms with van der Waals surface area (Å²) in [4.78, 5) is 17.5. The van der Waals surface area contributed by atoms with Gasteiger partial charge in [-0.2, -0.15) is 0 Å². The number of carbonyl (C=O) groups is 1. The number of hydrogen-bond acceptors (Lipinski definition) is 2. The molecule has 0 aliphatic rings. The van der Waals surface area contributed by atoms with E-state index in [-0.39, 0.29) is 5.69 Å². The Morgan fingerprint density at radius 3 is 2.60 bits per heavy atom. The van der Waals surface area contributed by atoms with Gasteiger partial charge in [0.05, 0.1) is 0 Å². The van der Waals surface area contributed by atoms with Crippen molar-refractivity contribution in [2.75, 3.05) is 0 Å². The number of carboxylic acids is 1. The quantitative estimate of drug-likeness (QED) is 0.783. The lowest BCUT2D eigenvalue weighted by Gasteiger charge is -1.99. The van der Waals surface area contributed by atoms with E-state index in [2.05, 4.69) is 9.97 Å². The van der Waals surface area contributed by atoms with E-state index in [1.165, 1.54) is 0 Å². The van der Waals surface area contributed by atoms with Crippen LogP contribution in [0.25, 0.3) is 11.1 Å². The van der Waals surface area contributed by atoms with Crippen molar-refractivity contribution in [3.05, 3.63) is 42.0 Å². The van der Waals surface area contributed by atoms with Crippen LogP contribution in [0.4, 0.5) is 0 Å². The van der Waals surface area contributed by atoms with Crippen molar-refractivity contribution in [2.24, 2.45) is 0 Å². The number of aromatic nitrogens is 2. The van der Waals surface area contributed by atoms with Gasteiger partial charge in [0, 0.05) is 24.2 Å². The third kappa shape index (κ3) is 1.61. The molecule has 0 bridgehead atoms. The molecule has 4 nitrogen and oxygen atoms in total. The second-order valence-corrected chi connectivity index (χ2v) is 3.24. The molecule has 0 spiro atoms. The van der Waals surface area contributed by atoms with Gasteiger partial charge in [-0.3, -0.25) is 4.98 Å². The number of nitrogens with one attached hydrogen (secondary N) is 1. The Morgan fingerprint density at radius 2 is 2.07 bits per heavy atom. The summed E-state index contributed by atoms with van der Waals surface area (Å²) in [7, 11) is 0. The summed E-state index contributed by atoms with van der Waals surface area (Å²) in [6, 6.07) is 3.70. The molecule has 2 heterocycles. The van der Waals surface area contributed by atoms with Gasteiger partial charge in [0.2, 0.25) is 0 Å². The van der Waals surface area contributed by atoms with Gasteiger partial charge in [0.25, 0.3) is 0 Å². The van der Waals surface area contributed by atoms with Gasteiger partial charge in [-0.25, -0.2) is 4.79 Å². The number of aromatic amines is 1. The lowest BCUT2D eigenvalue weighted by molar-refractivity contribution is 0.0690. The molecule has 0 aliphatic carbocycles. The fraction of sp³-hybridized carbons (Fsp3) is 0.0909. The van der Waals surface area contributed by atoms with Gasteiger partial charge >= 0.3 is 5.97 Å². The molecule has 0 amide bonds. The van der Waals surface area contributed by atoms with Gasteiger partial charge < -0.3 is 10.1 Å². The van der Waals surface area contributed by atoms with Crippen LogP contribution >= 0.6 is 0 Å². The van der Waals surface area contributed by atoms with Crippen molar-refractivity contribution < 1.29 is 9.90 Å². The van der Waals surface area contributed by atoms with Crippen LogP contribution in [0.5, 0.6) is 0 Å². The molecule has 2 N–H and O–H groups in total. The third-order valence-electron chi connectivity index (χ3n) is 2.35. The van der Waals surface area contributed by atoms with Crippen molar-refractivity contribution in [1.29, 1.82) is 0 Å². The van der Waals surface area contributed by atoms with E-state index < -0.39 is 5.97 Å². The SMILES string of the molecule is Cc1c(-c2ccncc2)c[nH]c1C(=O)O. The summed E-state index contributed by atoms with van der Waals surface area (Å²) >= 11 is 0. The lowest BCUT2D eigenvalue weighted by Crippen LogP contribution is -1.98. The van der Waals surface area contributed by atoms with Crippen LogP contribution in [-0.4, -0.2) is 21.0 Å². The summed E-state index contributed by atoms with van der Waals surface area (Å²) in [5.74, 6) is -0.937. The first-order valence-electron chi connectivity index (χ1n) is 4.52. The number of H-pyrrole nitrogens is 1. The van der Waals surface area contributed by atoms with Crippen molar-refractivity contribution in [2.45, 2.75) is 6.92 Å². The average molecular weight is 202 g/mol. The highest BCUT2D eigenvalue weighted by Gasteiger charge is 2.13. The Hall–Kier alpha value is -2.10.